The monoisotopic (exact) mass is 378 g/mol. The van der Waals surface area contributed by atoms with E-state index in [1.807, 2.05) is 4.90 Å². The number of nitrogens with zero attached hydrogens (tertiary/aromatic N) is 1. The normalized spacial score (nSPS) is 26.9. The van der Waals surface area contributed by atoms with Crippen LogP contribution in [0.4, 0.5) is 0 Å². The van der Waals surface area contributed by atoms with Crippen molar-refractivity contribution >= 4 is 41.5 Å². The summed E-state index contributed by atoms with van der Waals surface area (Å²) in [5, 5.41) is 0.986. The first-order valence-corrected chi connectivity index (χ1v) is 8.44. The molecule has 1 aromatic rings. The molecule has 3 rings (SSSR count). The lowest BCUT2D eigenvalue weighted by molar-refractivity contribution is -0.134. The van der Waals surface area contributed by atoms with Gasteiger partial charge in [0.25, 0.3) is 0 Å². The Labute approximate surface area is 152 Å². The molecular weight excluding hydrogens is 359 g/mol. The van der Waals surface area contributed by atoms with Crippen LogP contribution in [0.1, 0.15) is 25.7 Å². The zero-order chi connectivity index (χ0) is 15.7. The van der Waals surface area contributed by atoms with E-state index in [9.17, 15) is 4.79 Å². The smallest absolute Gasteiger partial charge is 0.225 e. The molecule has 2 fully saturated rings. The number of carbonyl (C=O) groups excluding carboxylic acids is 1. The van der Waals surface area contributed by atoms with Gasteiger partial charge in [0.1, 0.15) is 11.9 Å². The highest BCUT2D eigenvalue weighted by atomic mass is 35.5. The third-order valence-corrected chi connectivity index (χ3v) is 5.21. The number of ether oxygens (including phenoxy) is 1. The molecule has 1 amide bonds. The summed E-state index contributed by atoms with van der Waals surface area (Å²) in [5.41, 5.74) is 5.90. The van der Waals surface area contributed by atoms with Crippen molar-refractivity contribution in [3.05, 3.63) is 28.2 Å². The summed E-state index contributed by atoms with van der Waals surface area (Å²) in [6, 6.07) is 5.41. The number of halogens is 3. The molecule has 0 bridgehead atoms. The summed E-state index contributed by atoms with van der Waals surface area (Å²) in [4.78, 5) is 14.4. The molecule has 1 heterocycles. The van der Waals surface area contributed by atoms with Crippen molar-refractivity contribution in [3.8, 4) is 5.75 Å². The summed E-state index contributed by atoms with van der Waals surface area (Å²) in [6.07, 6.45) is 3.52. The third kappa shape index (κ3) is 4.44. The van der Waals surface area contributed by atoms with Crippen molar-refractivity contribution in [2.24, 2.45) is 11.7 Å². The Morgan fingerprint density at radius 1 is 1.22 bits per heavy atom. The predicted molar refractivity (Wildman–Crippen MR) is 94.6 cm³/mol. The zero-order valence-corrected chi connectivity index (χ0v) is 15.0. The van der Waals surface area contributed by atoms with E-state index < -0.39 is 0 Å². The molecule has 23 heavy (non-hydrogen) atoms. The predicted octanol–water partition coefficient (Wildman–Crippen LogP) is 3.52. The minimum atomic E-state index is 0. The number of nitrogens with two attached hydrogens (primary N) is 1. The number of carbonyl (C=O) groups is 1. The van der Waals surface area contributed by atoms with E-state index in [2.05, 4.69) is 0 Å². The van der Waals surface area contributed by atoms with Crippen molar-refractivity contribution in [1.82, 2.24) is 4.90 Å². The van der Waals surface area contributed by atoms with E-state index in [0.29, 0.717) is 22.3 Å². The molecule has 1 saturated carbocycles. The highest BCUT2D eigenvalue weighted by Crippen LogP contribution is 2.30. The van der Waals surface area contributed by atoms with Gasteiger partial charge in [-0.2, -0.15) is 0 Å². The molecular formula is C16H21Cl3N2O2. The molecule has 0 radical (unpaired) electrons. The lowest BCUT2D eigenvalue weighted by atomic mass is 10.1. The topological polar surface area (TPSA) is 55.6 Å². The maximum absolute atomic E-state index is 12.5. The van der Waals surface area contributed by atoms with Crippen LogP contribution in [0.2, 0.25) is 10.0 Å². The SMILES string of the molecule is Cl.NC1CCC(C(=O)N2CCC(Oc3ccc(Cl)c(Cl)c3)C2)C1. The second-order valence-corrected chi connectivity index (χ2v) is 6.97. The Balaban J connectivity index is 0.00000192. The molecule has 1 saturated heterocycles. The minimum Gasteiger partial charge on any atom is -0.488 e. The largest absolute Gasteiger partial charge is 0.488 e. The van der Waals surface area contributed by atoms with Crippen LogP contribution in [0.3, 0.4) is 0 Å². The van der Waals surface area contributed by atoms with Gasteiger partial charge in [-0.1, -0.05) is 23.2 Å². The van der Waals surface area contributed by atoms with Crippen molar-refractivity contribution in [2.45, 2.75) is 37.8 Å². The Hall–Kier alpha value is -0.680. The molecule has 1 aromatic carbocycles. The minimum absolute atomic E-state index is 0. The van der Waals surface area contributed by atoms with Gasteiger partial charge in [-0.3, -0.25) is 4.79 Å². The van der Waals surface area contributed by atoms with Crippen LogP contribution in [-0.4, -0.2) is 36.0 Å². The Morgan fingerprint density at radius 3 is 2.65 bits per heavy atom. The number of rotatable bonds is 3. The van der Waals surface area contributed by atoms with E-state index in [4.69, 9.17) is 33.7 Å². The van der Waals surface area contributed by atoms with Gasteiger partial charge in [-0.15, -0.1) is 12.4 Å². The molecule has 1 aliphatic heterocycles. The second-order valence-electron chi connectivity index (χ2n) is 6.16. The zero-order valence-electron chi connectivity index (χ0n) is 12.7. The van der Waals surface area contributed by atoms with Crippen LogP contribution < -0.4 is 10.5 Å². The molecule has 4 nitrogen and oxygen atoms in total. The second kappa shape index (κ2) is 7.93. The molecule has 3 unspecified atom stereocenters. The standard InChI is InChI=1S/C16H20Cl2N2O2.ClH/c17-14-4-3-12(8-15(14)18)22-13-5-6-20(9-13)16(21)10-1-2-11(19)7-10;/h3-4,8,10-11,13H,1-2,5-7,9,19H2;1H. The van der Waals surface area contributed by atoms with Crippen molar-refractivity contribution < 1.29 is 9.53 Å². The fourth-order valence-corrected chi connectivity index (χ4v) is 3.55. The molecule has 128 valence electrons. The number of benzene rings is 1. The molecule has 0 spiro atoms. The van der Waals surface area contributed by atoms with Gasteiger partial charge in [0, 0.05) is 31.0 Å². The summed E-state index contributed by atoms with van der Waals surface area (Å²) in [7, 11) is 0. The number of hydrogen-bond donors (Lipinski definition) is 1. The lowest BCUT2D eigenvalue weighted by Crippen LogP contribution is -2.35. The van der Waals surface area contributed by atoms with Gasteiger partial charge in [0.05, 0.1) is 16.6 Å². The number of amides is 1. The molecule has 2 N–H and O–H groups in total. The molecule has 0 aromatic heterocycles. The fourth-order valence-electron chi connectivity index (χ4n) is 3.27. The number of hydrogen-bond acceptors (Lipinski definition) is 3. The summed E-state index contributed by atoms with van der Waals surface area (Å²) >= 11 is 11.9. The maximum Gasteiger partial charge on any atom is 0.225 e. The first-order chi connectivity index (χ1) is 10.5. The van der Waals surface area contributed by atoms with E-state index in [-0.39, 0.29) is 36.4 Å². The molecule has 7 heteroatoms. The van der Waals surface area contributed by atoms with E-state index >= 15 is 0 Å². The lowest BCUT2D eigenvalue weighted by Gasteiger charge is -2.21. The van der Waals surface area contributed by atoms with Gasteiger partial charge in [0.2, 0.25) is 5.91 Å². The average Bonchev–Trinajstić information content (AvgIpc) is 3.11. The molecule has 1 aliphatic carbocycles. The van der Waals surface area contributed by atoms with Crippen molar-refractivity contribution in [2.75, 3.05) is 13.1 Å². The van der Waals surface area contributed by atoms with Gasteiger partial charge >= 0.3 is 0 Å². The van der Waals surface area contributed by atoms with Crippen molar-refractivity contribution in [1.29, 1.82) is 0 Å². The maximum atomic E-state index is 12.5. The van der Waals surface area contributed by atoms with E-state index in [0.717, 1.165) is 32.2 Å². The highest BCUT2D eigenvalue weighted by Gasteiger charge is 2.35. The van der Waals surface area contributed by atoms with Gasteiger partial charge in [0.15, 0.2) is 0 Å². The molecule has 2 aliphatic rings. The van der Waals surface area contributed by atoms with Gasteiger partial charge in [-0.25, -0.2) is 0 Å². The van der Waals surface area contributed by atoms with Gasteiger partial charge in [-0.05, 0) is 31.4 Å². The van der Waals surface area contributed by atoms with E-state index in [1.54, 1.807) is 18.2 Å². The summed E-state index contributed by atoms with van der Waals surface area (Å²) in [6.45, 7) is 1.38. The fraction of sp³-hybridized carbons (Fsp3) is 0.562. The first kappa shape index (κ1) is 18.7. The van der Waals surface area contributed by atoms with E-state index in [1.165, 1.54) is 0 Å². The van der Waals surface area contributed by atoms with Crippen molar-refractivity contribution in [3.63, 3.8) is 0 Å². The molecule has 3 atom stereocenters. The Kier molecular flexibility index (Phi) is 6.43. The highest BCUT2D eigenvalue weighted by molar-refractivity contribution is 6.42. The number of likely N-dealkylation sites (tertiary alicyclic amines) is 1. The summed E-state index contributed by atoms with van der Waals surface area (Å²) < 4.78 is 5.91. The van der Waals surface area contributed by atoms with Crippen LogP contribution in [0, 0.1) is 5.92 Å². The van der Waals surface area contributed by atoms with Crippen LogP contribution in [0.15, 0.2) is 18.2 Å². The summed E-state index contributed by atoms with van der Waals surface area (Å²) in [5.74, 6) is 1.02. The first-order valence-electron chi connectivity index (χ1n) is 7.69. The van der Waals surface area contributed by atoms with Crippen LogP contribution >= 0.6 is 35.6 Å². The van der Waals surface area contributed by atoms with Crippen LogP contribution in [0.25, 0.3) is 0 Å². The van der Waals surface area contributed by atoms with Crippen LogP contribution in [-0.2, 0) is 4.79 Å². The quantitative estimate of drug-likeness (QED) is 0.874. The Bertz CT molecular complexity index is 570. The Morgan fingerprint density at radius 2 is 2.00 bits per heavy atom. The van der Waals surface area contributed by atoms with Gasteiger partial charge < -0.3 is 15.4 Å². The van der Waals surface area contributed by atoms with Crippen LogP contribution in [0.5, 0.6) is 5.75 Å². The average molecular weight is 380 g/mol. The third-order valence-electron chi connectivity index (χ3n) is 4.47.